The molecule has 1 amide bonds. The van der Waals surface area contributed by atoms with Gasteiger partial charge in [0.05, 0.1) is 0 Å². The van der Waals surface area contributed by atoms with Gasteiger partial charge in [0.25, 0.3) is 0 Å². The van der Waals surface area contributed by atoms with Crippen LogP contribution in [0.15, 0.2) is 9.79 Å². The lowest BCUT2D eigenvalue weighted by molar-refractivity contribution is -0.130. The van der Waals surface area contributed by atoms with Crippen molar-refractivity contribution >= 4 is 35.8 Å². The maximum Gasteiger partial charge on any atom is 0.345 e. The first-order chi connectivity index (χ1) is 13.1. The van der Waals surface area contributed by atoms with Gasteiger partial charge in [-0.3, -0.25) is 14.4 Å². The molecule has 0 radical (unpaired) electrons. The molecule has 0 aromatic carbocycles. The van der Waals surface area contributed by atoms with Gasteiger partial charge in [-0.05, 0) is 26.2 Å². The van der Waals surface area contributed by atoms with Gasteiger partial charge in [0.2, 0.25) is 5.91 Å². The quantitative estimate of drug-likeness (QED) is 0.273. The second kappa shape index (κ2) is 10.8. The van der Waals surface area contributed by atoms with Crippen LogP contribution in [-0.4, -0.2) is 75.3 Å². The molecule has 1 aromatic rings. The summed E-state index contributed by atoms with van der Waals surface area (Å²) in [5.41, 5.74) is 0.0148. The highest BCUT2D eigenvalue weighted by atomic mass is 127. The van der Waals surface area contributed by atoms with Gasteiger partial charge >= 0.3 is 5.69 Å². The molecule has 1 N–H and O–H groups in total. The van der Waals surface area contributed by atoms with E-state index in [-0.39, 0.29) is 35.6 Å². The summed E-state index contributed by atoms with van der Waals surface area (Å²) in [4.78, 5) is 32.6. The van der Waals surface area contributed by atoms with Crippen molar-refractivity contribution in [3.8, 4) is 0 Å². The standard InChI is InChI=1S/C18H31N7O2.HI/c1-3-19-17(23-13-11-22(12-14-23)15(2)26)20-8-6-10-25-18(27)24-9-5-4-7-16(24)21-25;/h3-14H2,1-2H3,(H,19,20);1H. The molecule has 2 aliphatic rings. The number of hydrogen-bond acceptors (Lipinski definition) is 4. The molecule has 0 unspecified atom stereocenters. The summed E-state index contributed by atoms with van der Waals surface area (Å²) in [6, 6.07) is 0. The van der Waals surface area contributed by atoms with Crippen LogP contribution in [-0.2, 0) is 24.3 Å². The maximum absolute atomic E-state index is 12.4. The molecule has 2 aliphatic heterocycles. The molecule has 3 rings (SSSR count). The van der Waals surface area contributed by atoms with Gasteiger partial charge in [-0.25, -0.2) is 9.48 Å². The monoisotopic (exact) mass is 505 g/mol. The lowest BCUT2D eigenvalue weighted by atomic mass is 10.2. The number of halogens is 1. The van der Waals surface area contributed by atoms with Crippen molar-refractivity contribution in [2.24, 2.45) is 4.99 Å². The van der Waals surface area contributed by atoms with E-state index in [1.807, 2.05) is 9.47 Å². The van der Waals surface area contributed by atoms with E-state index in [0.29, 0.717) is 13.1 Å². The molecule has 0 atom stereocenters. The molecule has 0 aliphatic carbocycles. The number of nitrogens with zero attached hydrogens (tertiary/aromatic N) is 6. The first kappa shape index (κ1) is 22.7. The van der Waals surface area contributed by atoms with E-state index in [2.05, 4.69) is 22.2 Å². The molecule has 28 heavy (non-hydrogen) atoms. The third-order valence-electron chi connectivity index (χ3n) is 5.18. The van der Waals surface area contributed by atoms with Crippen LogP contribution in [0.4, 0.5) is 0 Å². The summed E-state index contributed by atoms with van der Waals surface area (Å²) in [6.45, 7) is 9.55. The van der Waals surface area contributed by atoms with Crippen LogP contribution in [0.5, 0.6) is 0 Å². The van der Waals surface area contributed by atoms with Crippen LogP contribution in [0.2, 0.25) is 0 Å². The van der Waals surface area contributed by atoms with Crippen LogP contribution in [0, 0.1) is 0 Å². The zero-order valence-electron chi connectivity index (χ0n) is 16.9. The molecule has 1 fully saturated rings. The number of piperazine rings is 1. The molecule has 158 valence electrons. The van der Waals surface area contributed by atoms with Gasteiger partial charge in [0.1, 0.15) is 5.82 Å². The number of hydrogen-bond donors (Lipinski definition) is 1. The Hall–Kier alpha value is -1.59. The van der Waals surface area contributed by atoms with Crippen LogP contribution in [0.3, 0.4) is 0 Å². The fourth-order valence-corrected chi connectivity index (χ4v) is 3.66. The minimum Gasteiger partial charge on any atom is -0.357 e. The van der Waals surface area contributed by atoms with Gasteiger partial charge in [0, 0.05) is 65.7 Å². The molecule has 1 saturated heterocycles. The van der Waals surface area contributed by atoms with E-state index in [1.165, 1.54) is 0 Å². The summed E-state index contributed by atoms with van der Waals surface area (Å²) in [6.07, 6.45) is 3.85. The topological polar surface area (TPSA) is 87.8 Å². The highest BCUT2D eigenvalue weighted by molar-refractivity contribution is 14.0. The molecule has 3 heterocycles. The van der Waals surface area contributed by atoms with Crippen molar-refractivity contribution in [1.82, 2.24) is 29.5 Å². The number of rotatable bonds is 5. The van der Waals surface area contributed by atoms with Crippen molar-refractivity contribution in [2.75, 3.05) is 39.3 Å². The smallest absolute Gasteiger partial charge is 0.345 e. The Morgan fingerprint density at radius 2 is 1.86 bits per heavy atom. The lowest BCUT2D eigenvalue weighted by Gasteiger charge is -2.36. The van der Waals surface area contributed by atoms with Crippen LogP contribution in [0.25, 0.3) is 0 Å². The molecular weight excluding hydrogens is 473 g/mol. The summed E-state index contributed by atoms with van der Waals surface area (Å²) in [5.74, 6) is 1.94. The highest BCUT2D eigenvalue weighted by Gasteiger charge is 2.21. The third-order valence-corrected chi connectivity index (χ3v) is 5.18. The largest absolute Gasteiger partial charge is 0.357 e. The Balaban J connectivity index is 0.00000280. The molecule has 10 heteroatoms. The fraction of sp³-hybridized carbons (Fsp3) is 0.778. The predicted molar refractivity (Wildman–Crippen MR) is 119 cm³/mol. The van der Waals surface area contributed by atoms with Gasteiger partial charge in [-0.1, -0.05) is 0 Å². The summed E-state index contributed by atoms with van der Waals surface area (Å²) in [5, 5.41) is 7.80. The van der Waals surface area contributed by atoms with Crippen molar-refractivity contribution in [3.63, 3.8) is 0 Å². The minimum absolute atomic E-state index is 0. The number of fused-ring (bicyclic) bond motifs is 1. The second-order valence-electron chi connectivity index (χ2n) is 7.11. The Morgan fingerprint density at radius 1 is 1.14 bits per heavy atom. The van der Waals surface area contributed by atoms with Crippen molar-refractivity contribution in [1.29, 1.82) is 0 Å². The molecule has 0 bridgehead atoms. The van der Waals surface area contributed by atoms with E-state index < -0.39 is 0 Å². The number of guanidine groups is 1. The number of aryl methyl sites for hydroxylation is 2. The Bertz CT molecular complexity index is 735. The zero-order chi connectivity index (χ0) is 19.2. The van der Waals surface area contributed by atoms with E-state index in [9.17, 15) is 9.59 Å². The van der Waals surface area contributed by atoms with Gasteiger partial charge < -0.3 is 15.1 Å². The first-order valence-corrected chi connectivity index (χ1v) is 10.1. The molecule has 0 saturated carbocycles. The average Bonchev–Trinajstić information content (AvgIpc) is 3.00. The van der Waals surface area contributed by atoms with Crippen molar-refractivity contribution < 1.29 is 4.79 Å². The Morgan fingerprint density at radius 3 is 2.50 bits per heavy atom. The third kappa shape index (κ3) is 5.48. The fourth-order valence-electron chi connectivity index (χ4n) is 3.66. The highest BCUT2D eigenvalue weighted by Crippen LogP contribution is 2.09. The van der Waals surface area contributed by atoms with E-state index in [0.717, 1.165) is 76.7 Å². The average molecular weight is 505 g/mol. The number of carbonyl (C=O) groups excluding carboxylic acids is 1. The lowest BCUT2D eigenvalue weighted by Crippen LogP contribution is -2.53. The van der Waals surface area contributed by atoms with Crippen molar-refractivity contribution in [3.05, 3.63) is 16.3 Å². The van der Waals surface area contributed by atoms with Crippen LogP contribution >= 0.6 is 24.0 Å². The Labute approximate surface area is 183 Å². The summed E-state index contributed by atoms with van der Waals surface area (Å²) >= 11 is 0. The SMILES string of the molecule is CCNC(=NCCCn1nc2n(c1=O)CCCC2)N1CCN(C(C)=O)CC1.I. The summed E-state index contributed by atoms with van der Waals surface area (Å²) in [7, 11) is 0. The normalized spacial score (nSPS) is 17.1. The predicted octanol–water partition coefficient (Wildman–Crippen LogP) is 0.519. The number of nitrogens with one attached hydrogen (secondary N) is 1. The number of aliphatic imine (C=N–C) groups is 1. The van der Waals surface area contributed by atoms with Crippen molar-refractivity contribution in [2.45, 2.75) is 52.6 Å². The van der Waals surface area contributed by atoms with Crippen LogP contribution in [0.1, 0.15) is 38.9 Å². The second-order valence-corrected chi connectivity index (χ2v) is 7.11. The van der Waals surface area contributed by atoms with Crippen LogP contribution < -0.4 is 11.0 Å². The zero-order valence-corrected chi connectivity index (χ0v) is 19.2. The number of carbonyl (C=O) groups is 1. The maximum atomic E-state index is 12.4. The number of amides is 1. The van der Waals surface area contributed by atoms with E-state index in [1.54, 1.807) is 11.6 Å². The first-order valence-electron chi connectivity index (χ1n) is 10.1. The van der Waals surface area contributed by atoms with Gasteiger partial charge in [-0.15, -0.1) is 24.0 Å². The van der Waals surface area contributed by atoms with E-state index >= 15 is 0 Å². The van der Waals surface area contributed by atoms with Gasteiger partial charge in [-0.2, -0.15) is 5.10 Å². The Kier molecular flexibility index (Phi) is 8.77. The molecule has 0 spiro atoms. The van der Waals surface area contributed by atoms with Gasteiger partial charge in [0.15, 0.2) is 5.96 Å². The molecule has 1 aromatic heterocycles. The van der Waals surface area contributed by atoms with E-state index in [4.69, 9.17) is 4.99 Å². The minimum atomic E-state index is 0. The molecule has 9 nitrogen and oxygen atoms in total. The summed E-state index contributed by atoms with van der Waals surface area (Å²) < 4.78 is 3.40. The molecular formula is C18H32IN7O2. The number of aromatic nitrogens is 3.